The van der Waals surface area contributed by atoms with E-state index in [0.29, 0.717) is 0 Å². The normalized spacial score (nSPS) is 26.1. The zero-order valence-electron chi connectivity index (χ0n) is 15.4. The second kappa shape index (κ2) is 11.0. The number of H-pyrrole nitrogens is 1. The second-order valence-corrected chi connectivity index (χ2v) is 10.4. The minimum atomic E-state index is -5.40. The Balaban J connectivity index is 0.00000385. The molecular formula is C10H18N6NaO13P3. The molecule has 0 spiro atoms. The van der Waals surface area contributed by atoms with Crippen LogP contribution in [0.1, 0.15) is 6.23 Å². The molecule has 19 nitrogen and oxygen atoms in total. The van der Waals surface area contributed by atoms with Crippen LogP contribution in [0.5, 0.6) is 0 Å². The summed E-state index contributed by atoms with van der Waals surface area (Å²) in [6, 6.07) is 0. The number of anilines is 1. The molecule has 2 aromatic rings. The first kappa shape index (κ1) is 28.7. The van der Waals surface area contributed by atoms with E-state index in [1.165, 1.54) is 0 Å². The molecule has 1 fully saturated rings. The number of aromatic nitrogens is 4. The van der Waals surface area contributed by atoms with Gasteiger partial charge in [-0.3, -0.25) is 18.9 Å². The van der Waals surface area contributed by atoms with Gasteiger partial charge in [-0.25, -0.2) is 28.9 Å². The molecule has 0 amide bonds. The number of aromatic amines is 1. The number of phosphoric acid groups is 2. The Morgan fingerprint density at radius 2 is 1.97 bits per heavy atom. The summed E-state index contributed by atoms with van der Waals surface area (Å²) >= 11 is 0. The van der Waals surface area contributed by atoms with Gasteiger partial charge in [-0.1, -0.05) is 0 Å². The van der Waals surface area contributed by atoms with Crippen molar-refractivity contribution in [3.8, 4) is 0 Å². The van der Waals surface area contributed by atoms with Crippen molar-refractivity contribution in [3.63, 3.8) is 0 Å². The third kappa shape index (κ3) is 6.77. The number of nitrogens with two attached hydrogens (primary N) is 2. The fourth-order valence-corrected chi connectivity index (χ4v) is 5.72. The van der Waals surface area contributed by atoms with Gasteiger partial charge < -0.3 is 35.0 Å². The number of hydrogen-bond donors (Lipinski definition) is 7. The number of nitrogens with zero attached hydrogens (tertiary/aromatic N) is 3. The van der Waals surface area contributed by atoms with Crippen LogP contribution in [-0.2, 0) is 36.2 Å². The molecule has 0 aromatic carbocycles. The number of fused-ring (bicyclic) bond motifs is 1. The first-order valence-electron chi connectivity index (χ1n) is 8.19. The van der Waals surface area contributed by atoms with E-state index >= 15 is 0 Å². The number of hydrogen-bond acceptors (Lipinski definition) is 15. The summed E-state index contributed by atoms with van der Waals surface area (Å²) in [5, 5.41) is 20.5. The standard InChI is InChI=1S/C10H17N6O13P3.Na.H/c11-10-14-7-4(8(19)15-10)13-2-16(7)9-6(18)5(17)3(26-9)1-25-30(20)28-32(24,27-12)29-31(21,22)23;;/h2-3,5-6,9,17-18,30H,1,12H2,(H2,21,22,23)(H3,11,14,15,19);;/t3-,5-,6-,9-,32?;;/m1../s1. The van der Waals surface area contributed by atoms with E-state index in [4.69, 9.17) is 24.8 Å². The van der Waals surface area contributed by atoms with Gasteiger partial charge in [-0.2, -0.15) is 9.29 Å². The van der Waals surface area contributed by atoms with Crippen LogP contribution in [0, 0.1) is 0 Å². The molecule has 9 N–H and O–H groups in total. The monoisotopic (exact) mass is 546 g/mol. The maximum atomic E-state index is 11.9. The number of imidazole rings is 1. The number of ether oxygens (including phenoxy) is 1. The predicted molar refractivity (Wildman–Crippen MR) is 108 cm³/mol. The molecule has 1 aliphatic rings. The Hall–Kier alpha value is -0.560. The second-order valence-electron chi connectivity index (χ2n) is 6.10. The van der Waals surface area contributed by atoms with Crippen LogP contribution in [0.3, 0.4) is 0 Å². The van der Waals surface area contributed by atoms with Crippen molar-refractivity contribution in [2.24, 2.45) is 5.90 Å². The fraction of sp³-hybridized carbons (Fsp3) is 0.500. The van der Waals surface area contributed by atoms with Crippen LogP contribution < -0.4 is 17.2 Å². The number of aliphatic hydroxyl groups is 2. The molecule has 3 rings (SSSR count). The molecule has 0 bridgehead atoms. The first-order valence-corrected chi connectivity index (χ1v) is 12.4. The molecule has 33 heavy (non-hydrogen) atoms. The van der Waals surface area contributed by atoms with Gasteiger partial charge in [0.15, 0.2) is 17.4 Å². The van der Waals surface area contributed by atoms with Gasteiger partial charge in [0.2, 0.25) is 5.95 Å². The molecule has 2 aromatic heterocycles. The van der Waals surface area contributed by atoms with Crippen LogP contribution in [0.4, 0.5) is 5.95 Å². The van der Waals surface area contributed by atoms with Gasteiger partial charge in [-0.15, -0.1) is 0 Å². The fourth-order valence-electron chi connectivity index (χ4n) is 2.68. The molecule has 3 heterocycles. The first-order chi connectivity index (χ1) is 14.8. The van der Waals surface area contributed by atoms with E-state index in [-0.39, 0.29) is 46.7 Å². The summed E-state index contributed by atoms with van der Waals surface area (Å²) in [7, 11) is -14.4. The van der Waals surface area contributed by atoms with Crippen LogP contribution in [-0.4, -0.2) is 94.0 Å². The molecule has 1 saturated heterocycles. The molecular weight excluding hydrogens is 528 g/mol. The molecule has 182 valence electrons. The van der Waals surface area contributed by atoms with E-state index in [1.54, 1.807) is 0 Å². The van der Waals surface area contributed by atoms with Crippen molar-refractivity contribution < 1.29 is 56.2 Å². The van der Waals surface area contributed by atoms with Crippen molar-refractivity contribution in [1.29, 1.82) is 0 Å². The summed E-state index contributed by atoms with van der Waals surface area (Å²) in [5.74, 6) is 4.34. The zero-order chi connectivity index (χ0) is 23.8. The molecule has 0 radical (unpaired) electrons. The summed E-state index contributed by atoms with van der Waals surface area (Å²) in [4.78, 5) is 39.1. The Morgan fingerprint density at radius 3 is 2.58 bits per heavy atom. The van der Waals surface area contributed by atoms with Crippen molar-refractivity contribution in [2.45, 2.75) is 24.5 Å². The van der Waals surface area contributed by atoms with Gasteiger partial charge in [0, 0.05) is 0 Å². The van der Waals surface area contributed by atoms with E-state index in [1.807, 2.05) is 0 Å². The van der Waals surface area contributed by atoms with Gasteiger partial charge in [0.25, 0.3) is 5.56 Å². The third-order valence-electron chi connectivity index (χ3n) is 3.95. The number of nitrogens with one attached hydrogen (secondary N) is 1. The number of aliphatic hydroxyl groups excluding tert-OH is 2. The Morgan fingerprint density at radius 1 is 1.30 bits per heavy atom. The molecule has 0 aliphatic carbocycles. The Kier molecular flexibility index (Phi) is 9.57. The van der Waals surface area contributed by atoms with E-state index in [2.05, 4.69) is 34.1 Å². The molecule has 1 aliphatic heterocycles. The Labute approximate surface area is 205 Å². The van der Waals surface area contributed by atoms with E-state index in [9.17, 15) is 28.7 Å². The van der Waals surface area contributed by atoms with Gasteiger partial charge in [0.05, 0.1) is 12.9 Å². The average Bonchev–Trinajstić information content (AvgIpc) is 3.20. The SMILES string of the molecule is NOP(=O)(O[PH](=O)OC[C@H]1O[C@@H](n2cnc3c(=O)[nH]c(N)nc32)[C@H](O)[C@@H]1O)OP(=O)(O)O.[NaH]. The average molecular weight is 546 g/mol. The summed E-state index contributed by atoms with van der Waals surface area (Å²) < 4.78 is 57.3. The van der Waals surface area contributed by atoms with Gasteiger partial charge in [0.1, 0.15) is 18.3 Å². The van der Waals surface area contributed by atoms with Crippen LogP contribution in [0.25, 0.3) is 11.2 Å². The van der Waals surface area contributed by atoms with Crippen molar-refractivity contribution in [3.05, 3.63) is 16.7 Å². The van der Waals surface area contributed by atoms with Gasteiger partial charge in [-0.05, 0) is 0 Å². The zero-order valence-corrected chi connectivity index (χ0v) is 18.2. The van der Waals surface area contributed by atoms with E-state index in [0.717, 1.165) is 10.9 Å². The van der Waals surface area contributed by atoms with Crippen molar-refractivity contribution >= 4 is 70.6 Å². The molecule has 6 atom stereocenters. The molecule has 0 saturated carbocycles. The van der Waals surface area contributed by atoms with Crippen molar-refractivity contribution in [1.82, 2.24) is 19.5 Å². The predicted octanol–water partition coefficient (Wildman–Crippen LogP) is -2.80. The van der Waals surface area contributed by atoms with Crippen LogP contribution >= 0.6 is 23.9 Å². The number of nitrogen functional groups attached to an aromatic ring is 1. The molecule has 23 heteroatoms. The van der Waals surface area contributed by atoms with Gasteiger partial charge >= 0.3 is 53.5 Å². The topological polar surface area (TPSA) is 294 Å². The van der Waals surface area contributed by atoms with Crippen molar-refractivity contribution in [2.75, 3.05) is 12.3 Å². The summed E-state index contributed by atoms with van der Waals surface area (Å²) in [5.41, 5.74) is 4.66. The van der Waals surface area contributed by atoms with Crippen LogP contribution in [0.2, 0.25) is 0 Å². The minimum absolute atomic E-state index is 0. The quantitative estimate of drug-likeness (QED) is 0.0949. The summed E-state index contributed by atoms with van der Waals surface area (Å²) in [6.45, 7) is -0.726. The maximum absolute atomic E-state index is 11.9. The third-order valence-corrected chi connectivity index (χ3v) is 7.75. The van der Waals surface area contributed by atoms with E-state index < -0.39 is 60.6 Å². The number of rotatable bonds is 9. The van der Waals surface area contributed by atoms with Crippen LogP contribution in [0.15, 0.2) is 11.1 Å². The summed E-state index contributed by atoms with van der Waals surface area (Å²) in [6.07, 6.45) is -4.77. The molecule has 2 unspecified atom stereocenters. The Bertz CT molecular complexity index is 1170.